The molecule has 0 heterocycles. The first kappa shape index (κ1) is 26.7. The van der Waals surface area contributed by atoms with Gasteiger partial charge >= 0.3 is 47.7 Å². The van der Waals surface area contributed by atoms with Crippen LogP contribution in [0.25, 0.3) is 0 Å². The minimum atomic E-state index is -6.69. The number of halogens is 18. The average Bonchev–Trinajstić information content (AvgIpc) is 3.23. The fourth-order valence-corrected chi connectivity index (χ4v) is 2.24. The third-order valence-corrected chi connectivity index (χ3v) is 4.03. The van der Waals surface area contributed by atoms with E-state index < -0.39 is 82.0 Å². The Morgan fingerprint density at radius 2 is 0.697 bits per heavy atom. The highest BCUT2D eigenvalue weighted by Crippen LogP contribution is 2.68. The highest BCUT2D eigenvalue weighted by Gasteiger charge is 2.87. The SMILES string of the molecule is FC(F)=C(F)C(F)(F)C(OC(=C1C(F)(F)C1(F)F)C(F)(F)C(F)=C(F)F)=C1C(F)(F)C1(F)F. The highest BCUT2D eigenvalue weighted by atomic mass is 19.3. The van der Waals surface area contributed by atoms with Gasteiger partial charge in [-0.25, -0.2) is 0 Å². The van der Waals surface area contributed by atoms with Gasteiger partial charge < -0.3 is 4.74 Å². The van der Waals surface area contributed by atoms with Crippen LogP contribution >= 0.6 is 0 Å². The molecule has 188 valence electrons. The second-order valence-corrected chi connectivity index (χ2v) is 6.11. The number of alkyl halides is 12. The summed E-state index contributed by atoms with van der Waals surface area (Å²) in [6.07, 6.45) is -8.42. The van der Waals surface area contributed by atoms with Crippen LogP contribution in [-0.4, -0.2) is 35.5 Å². The first-order chi connectivity index (χ1) is 14.4. The Morgan fingerprint density at radius 1 is 0.485 bits per heavy atom. The van der Waals surface area contributed by atoms with Gasteiger partial charge in [0.15, 0.2) is 11.5 Å². The third-order valence-electron chi connectivity index (χ3n) is 4.03. The first-order valence-corrected chi connectivity index (χ1v) is 7.31. The summed E-state index contributed by atoms with van der Waals surface area (Å²) in [6.45, 7) is 0. The van der Waals surface area contributed by atoms with Crippen LogP contribution in [0.4, 0.5) is 79.0 Å². The fraction of sp³-hybridized carbons (Fsp3) is 0.429. The molecule has 0 aliphatic heterocycles. The van der Waals surface area contributed by atoms with E-state index in [1.807, 2.05) is 0 Å². The summed E-state index contributed by atoms with van der Waals surface area (Å²) >= 11 is 0. The summed E-state index contributed by atoms with van der Waals surface area (Å²) < 4.78 is 238. The summed E-state index contributed by atoms with van der Waals surface area (Å²) in [5.74, 6) is -53.9. The summed E-state index contributed by atoms with van der Waals surface area (Å²) in [6, 6.07) is 0. The van der Waals surface area contributed by atoms with Crippen LogP contribution < -0.4 is 0 Å². The van der Waals surface area contributed by atoms with Gasteiger partial charge in [-0.1, -0.05) is 0 Å². The summed E-state index contributed by atoms with van der Waals surface area (Å²) in [5.41, 5.74) is -7.30. The van der Waals surface area contributed by atoms with E-state index in [2.05, 4.69) is 4.74 Å². The van der Waals surface area contributed by atoms with Crippen LogP contribution in [0.5, 0.6) is 0 Å². The van der Waals surface area contributed by atoms with Crippen molar-refractivity contribution in [1.29, 1.82) is 0 Å². The number of hydrogen-bond acceptors (Lipinski definition) is 1. The molecule has 1 nitrogen and oxygen atoms in total. The van der Waals surface area contributed by atoms with E-state index in [9.17, 15) is 79.0 Å². The Kier molecular flexibility index (Phi) is 5.68. The Bertz CT molecular complexity index is 889. The van der Waals surface area contributed by atoms with Crippen LogP contribution in [-0.2, 0) is 4.74 Å². The molecule has 0 bridgehead atoms. The lowest BCUT2D eigenvalue weighted by atomic mass is 10.2. The van der Waals surface area contributed by atoms with Gasteiger partial charge in [0.2, 0.25) is 11.7 Å². The van der Waals surface area contributed by atoms with Crippen molar-refractivity contribution in [2.75, 3.05) is 0 Å². The molecule has 0 atom stereocenters. The molecule has 2 rings (SSSR count). The zero-order chi connectivity index (χ0) is 26.3. The lowest BCUT2D eigenvalue weighted by molar-refractivity contribution is -0.0437. The van der Waals surface area contributed by atoms with E-state index in [1.165, 1.54) is 0 Å². The highest BCUT2D eigenvalue weighted by molar-refractivity contribution is 5.54. The van der Waals surface area contributed by atoms with Crippen molar-refractivity contribution >= 4 is 0 Å². The Hall–Kier alpha value is -2.50. The molecule has 2 saturated carbocycles. The monoisotopic (exact) mass is 526 g/mol. The van der Waals surface area contributed by atoms with Crippen molar-refractivity contribution in [3.8, 4) is 0 Å². The molecule has 19 heteroatoms. The molecule has 2 aliphatic carbocycles. The standard InChI is InChI=1S/C14F18O/c15-3(7(17)18)9(21,22)5(1-11(25,26)12(1,27)28)33-6(2-13(29,30)14(2,31)32)10(23,24)4(16)8(19)20. The minimum Gasteiger partial charge on any atom is -0.451 e. The van der Waals surface area contributed by atoms with Gasteiger partial charge in [0.25, 0.3) is 0 Å². The molecule has 2 fully saturated rings. The molecule has 0 spiro atoms. The molecule has 0 aromatic rings. The summed E-state index contributed by atoms with van der Waals surface area (Å²) in [5, 5.41) is 0. The number of hydrogen-bond donors (Lipinski definition) is 0. The Balaban J connectivity index is 2.93. The number of allylic oxidation sites excluding steroid dienone is 4. The van der Waals surface area contributed by atoms with Gasteiger partial charge in [0.05, 0.1) is 0 Å². The third kappa shape index (κ3) is 3.53. The maximum Gasteiger partial charge on any atom is 0.361 e. The van der Waals surface area contributed by atoms with Gasteiger partial charge in [0.1, 0.15) is 11.1 Å². The van der Waals surface area contributed by atoms with Crippen LogP contribution in [0.2, 0.25) is 0 Å². The molecule has 0 unspecified atom stereocenters. The van der Waals surface area contributed by atoms with E-state index in [-0.39, 0.29) is 0 Å². The van der Waals surface area contributed by atoms with Gasteiger partial charge in [0, 0.05) is 0 Å². The van der Waals surface area contributed by atoms with Crippen molar-refractivity contribution < 1.29 is 83.8 Å². The predicted molar refractivity (Wildman–Crippen MR) is 65.5 cm³/mol. The minimum absolute atomic E-state index is 2.84. The van der Waals surface area contributed by atoms with Crippen molar-refractivity contribution in [1.82, 2.24) is 0 Å². The van der Waals surface area contributed by atoms with Gasteiger partial charge in [-0.05, 0) is 0 Å². The fourth-order valence-electron chi connectivity index (χ4n) is 2.24. The summed E-state index contributed by atoms with van der Waals surface area (Å²) in [7, 11) is 0. The second-order valence-electron chi connectivity index (χ2n) is 6.11. The first-order valence-electron chi connectivity index (χ1n) is 7.31. The molecule has 0 radical (unpaired) electrons. The topological polar surface area (TPSA) is 9.23 Å². The van der Waals surface area contributed by atoms with E-state index >= 15 is 0 Å². The maximum absolute atomic E-state index is 13.8. The van der Waals surface area contributed by atoms with Crippen LogP contribution in [0.15, 0.2) is 46.5 Å². The van der Waals surface area contributed by atoms with Gasteiger partial charge in [-0.2, -0.15) is 79.0 Å². The molecular formula is C14F18O. The smallest absolute Gasteiger partial charge is 0.361 e. The van der Waals surface area contributed by atoms with Crippen molar-refractivity contribution in [3.63, 3.8) is 0 Å². The lowest BCUT2D eigenvalue weighted by Crippen LogP contribution is -2.30. The van der Waals surface area contributed by atoms with Crippen molar-refractivity contribution in [3.05, 3.63) is 46.5 Å². The lowest BCUT2D eigenvalue weighted by Gasteiger charge is -2.23. The zero-order valence-electron chi connectivity index (χ0n) is 14.2. The van der Waals surface area contributed by atoms with E-state index in [1.54, 1.807) is 0 Å². The molecule has 0 aromatic heterocycles. The molecular weight excluding hydrogens is 526 g/mol. The van der Waals surface area contributed by atoms with E-state index in [0.717, 1.165) is 0 Å². The average molecular weight is 526 g/mol. The normalized spacial score (nSPS) is 21.9. The zero-order valence-corrected chi connectivity index (χ0v) is 14.2. The molecule has 0 N–H and O–H groups in total. The van der Waals surface area contributed by atoms with Crippen molar-refractivity contribution in [2.24, 2.45) is 0 Å². The molecule has 2 aliphatic rings. The largest absolute Gasteiger partial charge is 0.451 e. The predicted octanol–water partition coefficient (Wildman–Crippen LogP) is 7.51. The van der Waals surface area contributed by atoms with E-state index in [0.29, 0.717) is 0 Å². The van der Waals surface area contributed by atoms with E-state index in [4.69, 9.17) is 0 Å². The van der Waals surface area contributed by atoms with Crippen LogP contribution in [0.3, 0.4) is 0 Å². The Morgan fingerprint density at radius 3 is 0.848 bits per heavy atom. The number of rotatable bonds is 6. The molecule has 0 aromatic carbocycles. The summed E-state index contributed by atoms with van der Waals surface area (Å²) in [4.78, 5) is 0. The quantitative estimate of drug-likeness (QED) is 0.257. The second kappa shape index (κ2) is 7.00. The molecule has 33 heavy (non-hydrogen) atoms. The molecule has 0 saturated heterocycles. The maximum atomic E-state index is 13.8. The molecule has 0 amide bonds. The van der Waals surface area contributed by atoms with Gasteiger partial charge in [-0.3, -0.25) is 0 Å². The Labute approximate surface area is 167 Å². The van der Waals surface area contributed by atoms with Crippen LogP contribution in [0.1, 0.15) is 0 Å². The van der Waals surface area contributed by atoms with Gasteiger partial charge in [-0.15, -0.1) is 0 Å². The number of ether oxygens (including phenoxy) is 1. The van der Waals surface area contributed by atoms with Crippen LogP contribution in [0, 0.1) is 0 Å². The van der Waals surface area contributed by atoms with Crippen molar-refractivity contribution in [2.45, 2.75) is 35.5 Å².